The van der Waals surface area contributed by atoms with Gasteiger partial charge in [-0.3, -0.25) is 0 Å². The second-order valence-corrected chi connectivity index (χ2v) is 12.6. The summed E-state index contributed by atoms with van der Waals surface area (Å²) in [6.45, 7) is 4.66. The Labute approximate surface area is 262 Å². The van der Waals surface area contributed by atoms with Crippen molar-refractivity contribution in [1.82, 2.24) is 0 Å². The van der Waals surface area contributed by atoms with Gasteiger partial charge in [0.2, 0.25) is 0 Å². The Balaban J connectivity index is 1.23. The Morgan fingerprint density at radius 1 is 0.467 bits per heavy atom. The SMILES string of the molecule is CC1(C)c2ccccc2-c2cc(N(c3ccc(-c4ccccc4)cc3)c3ccc4c(c3)oc3c5ccccc5ccc43)ccc21. The van der Waals surface area contributed by atoms with Gasteiger partial charge in [0.25, 0.3) is 0 Å². The van der Waals surface area contributed by atoms with Crippen LogP contribution in [0.1, 0.15) is 25.0 Å². The van der Waals surface area contributed by atoms with Crippen LogP contribution in [0.4, 0.5) is 17.1 Å². The third-order valence-electron chi connectivity index (χ3n) is 9.66. The van der Waals surface area contributed by atoms with E-state index in [2.05, 4.69) is 170 Å². The van der Waals surface area contributed by atoms with Crippen molar-refractivity contribution in [2.45, 2.75) is 19.3 Å². The van der Waals surface area contributed by atoms with E-state index in [4.69, 9.17) is 4.42 Å². The minimum atomic E-state index is -0.0391. The molecule has 0 bridgehead atoms. The number of nitrogens with zero attached hydrogens (tertiary/aromatic N) is 1. The van der Waals surface area contributed by atoms with Gasteiger partial charge < -0.3 is 9.32 Å². The number of anilines is 3. The highest BCUT2D eigenvalue weighted by molar-refractivity contribution is 6.15. The van der Waals surface area contributed by atoms with Crippen LogP contribution in [0.15, 0.2) is 156 Å². The van der Waals surface area contributed by atoms with Gasteiger partial charge in [-0.1, -0.05) is 117 Å². The molecular formula is C43H31NO. The zero-order chi connectivity index (χ0) is 30.1. The molecule has 0 atom stereocenters. The quantitative estimate of drug-likeness (QED) is 0.207. The Morgan fingerprint density at radius 3 is 1.98 bits per heavy atom. The molecule has 1 heterocycles. The molecule has 7 aromatic carbocycles. The van der Waals surface area contributed by atoms with Gasteiger partial charge in [-0.2, -0.15) is 0 Å². The predicted octanol–water partition coefficient (Wildman–Crippen LogP) is 12.2. The molecule has 0 spiro atoms. The standard InChI is InChI=1S/C43H31NO/c1-43(2)39-15-9-8-14-35(39)38-26-32(22-25-40(38)43)44(31-19-16-29(17-20-31)28-10-4-3-5-11-28)33-21-24-36-37-23-18-30-12-6-7-13-34(30)42(37)45-41(36)27-33/h3-27H,1-2H3. The number of fused-ring (bicyclic) bond motifs is 8. The maximum Gasteiger partial charge on any atom is 0.143 e. The number of hydrogen-bond donors (Lipinski definition) is 0. The van der Waals surface area contributed by atoms with E-state index >= 15 is 0 Å². The number of hydrogen-bond acceptors (Lipinski definition) is 2. The van der Waals surface area contributed by atoms with Gasteiger partial charge in [0.1, 0.15) is 11.2 Å². The van der Waals surface area contributed by atoms with E-state index in [1.165, 1.54) is 38.8 Å². The zero-order valence-corrected chi connectivity index (χ0v) is 25.3. The lowest BCUT2D eigenvalue weighted by molar-refractivity contribution is 0.660. The molecule has 1 aromatic heterocycles. The van der Waals surface area contributed by atoms with Crippen LogP contribution in [-0.4, -0.2) is 0 Å². The van der Waals surface area contributed by atoms with Gasteiger partial charge in [-0.25, -0.2) is 0 Å². The van der Waals surface area contributed by atoms with Crippen LogP contribution in [0.2, 0.25) is 0 Å². The smallest absolute Gasteiger partial charge is 0.143 e. The molecule has 0 saturated carbocycles. The maximum atomic E-state index is 6.63. The van der Waals surface area contributed by atoms with Crippen molar-refractivity contribution in [3.05, 3.63) is 163 Å². The summed E-state index contributed by atoms with van der Waals surface area (Å²) >= 11 is 0. The monoisotopic (exact) mass is 577 g/mol. The summed E-state index contributed by atoms with van der Waals surface area (Å²) in [5, 5.41) is 4.60. The normalized spacial score (nSPS) is 13.3. The second kappa shape index (κ2) is 9.70. The van der Waals surface area contributed by atoms with E-state index in [1.54, 1.807) is 0 Å². The molecule has 0 fully saturated rings. The van der Waals surface area contributed by atoms with Gasteiger partial charge in [-0.15, -0.1) is 0 Å². The third kappa shape index (κ3) is 3.96. The molecule has 214 valence electrons. The molecule has 9 rings (SSSR count). The lowest BCUT2D eigenvalue weighted by atomic mass is 9.82. The van der Waals surface area contributed by atoms with Crippen LogP contribution >= 0.6 is 0 Å². The van der Waals surface area contributed by atoms with Crippen LogP contribution in [0.5, 0.6) is 0 Å². The minimum Gasteiger partial charge on any atom is -0.455 e. The summed E-state index contributed by atoms with van der Waals surface area (Å²) < 4.78 is 6.63. The van der Waals surface area contributed by atoms with Crippen LogP contribution in [0, 0.1) is 0 Å². The average Bonchev–Trinajstić information content (AvgIpc) is 3.58. The molecule has 8 aromatic rings. The Kier molecular flexibility index (Phi) is 5.58. The summed E-state index contributed by atoms with van der Waals surface area (Å²) in [4.78, 5) is 2.35. The van der Waals surface area contributed by atoms with Crippen molar-refractivity contribution in [2.24, 2.45) is 0 Å². The topological polar surface area (TPSA) is 16.4 Å². The van der Waals surface area contributed by atoms with E-state index in [9.17, 15) is 0 Å². The predicted molar refractivity (Wildman–Crippen MR) is 189 cm³/mol. The Bertz CT molecular complexity index is 2400. The summed E-state index contributed by atoms with van der Waals surface area (Å²) in [6.07, 6.45) is 0. The highest BCUT2D eigenvalue weighted by Crippen LogP contribution is 2.51. The van der Waals surface area contributed by atoms with E-state index in [-0.39, 0.29) is 5.41 Å². The van der Waals surface area contributed by atoms with Crippen molar-refractivity contribution in [2.75, 3.05) is 4.90 Å². The molecule has 1 aliphatic rings. The molecule has 0 radical (unpaired) electrons. The highest BCUT2D eigenvalue weighted by Gasteiger charge is 2.35. The Morgan fingerprint density at radius 2 is 1.11 bits per heavy atom. The first kappa shape index (κ1) is 25.9. The molecule has 0 aliphatic heterocycles. The molecule has 0 unspecified atom stereocenters. The number of rotatable bonds is 4. The first-order chi connectivity index (χ1) is 22.1. The fourth-order valence-electron chi connectivity index (χ4n) is 7.36. The summed E-state index contributed by atoms with van der Waals surface area (Å²) in [5.41, 5.74) is 12.8. The number of furan rings is 1. The van der Waals surface area contributed by atoms with Gasteiger partial charge in [0.15, 0.2) is 0 Å². The lowest BCUT2D eigenvalue weighted by Gasteiger charge is -2.27. The molecule has 0 amide bonds. The fraction of sp³-hybridized carbons (Fsp3) is 0.0698. The van der Waals surface area contributed by atoms with Gasteiger partial charge >= 0.3 is 0 Å². The molecular weight excluding hydrogens is 546 g/mol. The first-order valence-electron chi connectivity index (χ1n) is 15.6. The molecule has 2 nitrogen and oxygen atoms in total. The molecule has 0 N–H and O–H groups in total. The van der Waals surface area contributed by atoms with Crippen molar-refractivity contribution in [1.29, 1.82) is 0 Å². The van der Waals surface area contributed by atoms with Crippen LogP contribution < -0.4 is 4.90 Å². The third-order valence-corrected chi connectivity index (χ3v) is 9.66. The van der Waals surface area contributed by atoms with E-state index in [1.807, 2.05) is 0 Å². The zero-order valence-electron chi connectivity index (χ0n) is 25.3. The van der Waals surface area contributed by atoms with Crippen molar-refractivity contribution in [3.8, 4) is 22.3 Å². The maximum absolute atomic E-state index is 6.63. The molecule has 0 saturated heterocycles. The summed E-state index contributed by atoms with van der Waals surface area (Å²) in [7, 11) is 0. The van der Waals surface area contributed by atoms with Crippen molar-refractivity contribution < 1.29 is 4.42 Å². The fourth-order valence-corrected chi connectivity index (χ4v) is 7.36. The Hall–Kier alpha value is -5.60. The van der Waals surface area contributed by atoms with E-state index < -0.39 is 0 Å². The van der Waals surface area contributed by atoms with Gasteiger partial charge in [0.05, 0.1) is 0 Å². The van der Waals surface area contributed by atoms with Crippen molar-refractivity contribution in [3.63, 3.8) is 0 Å². The summed E-state index contributed by atoms with van der Waals surface area (Å²) in [5.74, 6) is 0. The minimum absolute atomic E-state index is 0.0391. The number of benzene rings is 7. The van der Waals surface area contributed by atoms with Gasteiger partial charge in [0, 0.05) is 44.7 Å². The van der Waals surface area contributed by atoms with Gasteiger partial charge in [-0.05, 0) is 81.2 Å². The largest absolute Gasteiger partial charge is 0.455 e. The van der Waals surface area contributed by atoms with E-state index in [0.29, 0.717) is 0 Å². The van der Waals surface area contributed by atoms with E-state index in [0.717, 1.165) is 44.4 Å². The molecule has 45 heavy (non-hydrogen) atoms. The molecule has 2 heteroatoms. The molecule has 1 aliphatic carbocycles. The van der Waals surface area contributed by atoms with Crippen LogP contribution in [-0.2, 0) is 5.41 Å². The highest BCUT2D eigenvalue weighted by atomic mass is 16.3. The summed E-state index contributed by atoms with van der Waals surface area (Å²) in [6, 6.07) is 54.7. The second-order valence-electron chi connectivity index (χ2n) is 12.6. The van der Waals surface area contributed by atoms with Crippen LogP contribution in [0.25, 0.3) is 55.0 Å². The first-order valence-corrected chi connectivity index (χ1v) is 15.6. The van der Waals surface area contributed by atoms with Crippen molar-refractivity contribution >= 4 is 49.8 Å². The average molecular weight is 578 g/mol. The lowest BCUT2D eigenvalue weighted by Crippen LogP contribution is -2.15. The van der Waals surface area contributed by atoms with Crippen LogP contribution in [0.3, 0.4) is 0 Å².